The van der Waals surface area contributed by atoms with Gasteiger partial charge in [-0.05, 0) is 50.5 Å². The minimum absolute atomic E-state index is 0.426. The van der Waals surface area contributed by atoms with Crippen LogP contribution in [-0.2, 0) is 4.74 Å². The van der Waals surface area contributed by atoms with Gasteiger partial charge in [0.05, 0.1) is 12.9 Å². The lowest BCUT2D eigenvalue weighted by molar-refractivity contribution is 0.0974. The molecule has 0 N–H and O–H groups in total. The molecular weight excluding hydrogens is 196 g/mol. The summed E-state index contributed by atoms with van der Waals surface area (Å²) in [5, 5.41) is 0. The van der Waals surface area contributed by atoms with Gasteiger partial charge in [0, 0.05) is 5.41 Å². The van der Waals surface area contributed by atoms with Gasteiger partial charge >= 0.3 is 0 Å². The Morgan fingerprint density at radius 3 is 2.88 bits per heavy atom. The first-order valence-electron chi connectivity index (χ1n) is 6.43. The highest BCUT2D eigenvalue weighted by atomic mass is 16.5. The molecule has 1 aliphatic heterocycles. The van der Waals surface area contributed by atoms with Gasteiger partial charge in [-0.1, -0.05) is 25.5 Å². The van der Waals surface area contributed by atoms with E-state index in [1.807, 2.05) is 6.26 Å². The van der Waals surface area contributed by atoms with E-state index in [1.165, 1.54) is 24.8 Å². The highest BCUT2D eigenvalue weighted by Gasteiger charge is 2.66. The van der Waals surface area contributed by atoms with Crippen LogP contribution in [-0.4, -0.2) is 6.61 Å². The molecule has 0 aromatic heterocycles. The van der Waals surface area contributed by atoms with Gasteiger partial charge in [-0.15, -0.1) is 0 Å². The summed E-state index contributed by atoms with van der Waals surface area (Å²) in [5.74, 6) is 0.762. The van der Waals surface area contributed by atoms with Crippen LogP contribution in [0.4, 0.5) is 0 Å². The molecule has 1 fully saturated rings. The van der Waals surface area contributed by atoms with Crippen molar-refractivity contribution in [2.24, 2.45) is 16.7 Å². The van der Waals surface area contributed by atoms with Crippen molar-refractivity contribution in [1.29, 1.82) is 0 Å². The summed E-state index contributed by atoms with van der Waals surface area (Å²) < 4.78 is 5.54. The minimum Gasteiger partial charge on any atom is -0.501 e. The number of rotatable bonds is 4. The normalized spacial score (nSPS) is 37.2. The molecule has 0 radical (unpaired) electrons. The second-order valence-electron chi connectivity index (χ2n) is 6.12. The van der Waals surface area contributed by atoms with Gasteiger partial charge in [-0.2, -0.15) is 0 Å². The first-order valence-corrected chi connectivity index (χ1v) is 6.43. The molecule has 0 amide bonds. The molecule has 0 aromatic rings. The van der Waals surface area contributed by atoms with Crippen molar-refractivity contribution in [3.63, 3.8) is 0 Å². The van der Waals surface area contributed by atoms with Crippen LogP contribution in [0.1, 0.15) is 47.0 Å². The lowest BCUT2D eigenvalue weighted by Gasteiger charge is -2.29. The first kappa shape index (κ1) is 11.8. The highest BCUT2D eigenvalue weighted by molar-refractivity contribution is 5.24. The molecule has 1 saturated carbocycles. The Hall–Kier alpha value is -0.720. The summed E-state index contributed by atoms with van der Waals surface area (Å²) in [7, 11) is 0. The van der Waals surface area contributed by atoms with E-state index < -0.39 is 0 Å². The van der Waals surface area contributed by atoms with Crippen LogP contribution < -0.4 is 0 Å². The van der Waals surface area contributed by atoms with E-state index in [0.717, 1.165) is 12.5 Å². The van der Waals surface area contributed by atoms with E-state index in [4.69, 9.17) is 4.74 Å². The Labute approximate surface area is 99.6 Å². The Morgan fingerprint density at radius 1 is 1.50 bits per heavy atom. The molecule has 3 atom stereocenters. The molecule has 0 spiro atoms. The lowest BCUT2D eigenvalue weighted by Crippen LogP contribution is -2.26. The molecule has 0 saturated heterocycles. The fourth-order valence-electron chi connectivity index (χ4n) is 3.22. The number of fused-ring (bicyclic) bond motifs is 1. The van der Waals surface area contributed by atoms with Crippen molar-refractivity contribution in [2.45, 2.75) is 47.0 Å². The van der Waals surface area contributed by atoms with Gasteiger partial charge in [0.1, 0.15) is 0 Å². The molecule has 1 nitrogen and oxygen atoms in total. The fraction of sp³-hybridized carbons (Fsp3) is 0.733. The molecule has 2 rings (SSSR count). The van der Waals surface area contributed by atoms with E-state index >= 15 is 0 Å². The second kappa shape index (κ2) is 3.94. The van der Waals surface area contributed by atoms with Gasteiger partial charge in [0.15, 0.2) is 0 Å². The molecule has 2 aliphatic rings. The van der Waals surface area contributed by atoms with Gasteiger partial charge in [0.2, 0.25) is 0 Å². The predicted molar refractivity (Wildman–Crippen MR) is 68.1 cm³/mol. The van der Waals surface area contributed by atoms with Gasteiger partial charge in [-0.25, -0.2) is 0 Å². The molecular formula is C15H24O. The summed E-state index contributed by atoms with van der Waals surface area (Å²) in [5.41, 5.74) is 2.30. The van der Waals surface area contributed by atoms with Crippen molar-refractivity contribution in [3.8, 4) is 0 Å². The predicted octanol–water partition coefficient (Wildman–Crippen LogP) is 4.31. The summed E-state index contributed by atoms with van der Waals surface area (Å²) in [4.78, 5) is 0. The SMILES string of the molecule is CC(C)=CCC[C@@H](C)[C@]12COC=C[C@@]1(C)C2. The number of hydrogen-bond acceptors (Lipinski definition) is 1. The third-order valence-electron chi connectivity index (χ3n) is 4.66. The van der Waals surface area contributed by atoms with Crippen LogP contribution in [0.3, 0.4) is 0 Å². The Balaban J connectivity index is 1.94. The second-order valence-corrected chi connectivity index (χ2v) is 6.12. The lowest BCUT2D eigenvalue weighted by atomic mass is 9.80. The quantitative estimate of drug-likeness (QED) is 0.641. The number of hydrogen-bond donors (Lipinski definition) is 0. The zero-order valence-electron chi connectivity index (χ0n) is 11.0. The van der Waals surface area contributed by atoms with E-state index in [-0.39, 0.29) is 0 Å². The summed E-state index contributed by atoms with van der Waals surface area (Å²) in [6.07, 6.45) is 10.3. The molecule has 0 bridgehead atoms. The minimum atomic E-state index is 0.426. The summed E-state index contributed by atoms with van der Waals surface area (Å²) >= 11 is 0. The Morgan fingerprint density at radius 2 is 2.25 bits per heavy atom. The zero-order chi connectivity index (χ0) is 11.8. The molecule has 1 heterocycles. The van der Waals surface area contributed by atoms with Gasteiger partial charge < -0.3 is 4.74 Å². The van der Waals surface area contributed by atoms with Crippen LogP contribution in [0.2, 0.25) is 0 Å². The van der Waals surface area contributed by atoms with Gasteiger partial charge in [-0.3, -0.25) is 0 Å². The zero-order valence-corrected chi connectivity index (χ0v) is 11.0. The molecule has 16 heavy (non-hydrogen) atoms. The van der Waals surface area contributed by atoms with Crippen LogP contribution in [0.5, 0.6) is 0 Å². The molecule has 90 valence electrons. The Bertz CT molecular complexity index is 320. The fourth-order valence-corrected chi connectivity index (χ4v) is 3.22. The number of allylic oxidation sites excluding steroid dienone is 3. The van der Waals surface area contributed by atoms with E-state index in [9.17, 15) is 0 Å². The monoisotopic (exact) mass is 220 g/mol. The van der Waals surface area contributed by atoms with Crippen molar-refractivity contribution in [1.82, 2.24) is 0 Å². The molecule has 1 heteroatoms. The van der Waals surface area contributed by atoms with Crippen LogP contribution in [0.25, 0.3) is 0 Å². The topological polar surface area (TPSA) is 9.23 Å². The van der Waals surface area contributed by atoms with Crippen molar-refractivity contribution in [2.75, 3.05) is 6.61 Å². The van der Waals surface area contributed by atoms with Crippen molar-refractivity contribution < 1.29 is 4.74 Å². The third-order valence-corrected chi connectivity index (χ3v) is 4.66. The van der Waals surface area contributed by atoms with Crippen LogP contribution in [0, 0.1) is 16.7 Å². The van der Waals surface area contributed by atoms with E-state index in [1.54, 1.807) is 0 Å². The maximum atomic E-state index is 5.54. The molecule has 1 aliphatic carbocycles. The summed E-state index contributed by atoms with van der Waals surface area (Å²) in [6, 6.07) is 0. The maximum absolute atomic E-state index is 5.54. The Kier molecular flexibility index (Phi) is 2.90. The highest BCUT2D eigenvalue weighted by Crippen LogP contribution is 2.70. The average molecular weight is 220 g/mol. The first-order chi connectivity index (χ1) is 7.50. The van der Waals surface area contributed by atoms with E-state index in [0.29, 0.717) is 10.8 Å². The third kappa shape index (κ3) is 1.81. The smallest absolute Gasteiger partial charge is 0.0940 e. The largest absolute Gasteiger partial charge is 0.501 e. The standard InChI is InChI=1S/C15H24O/c1-12(2)6-5-7-13(3)15-10-14(15,4)8-9-16-11-15/h6,8-9,13H,5,7,10-11H2,1-4H3/t13-,14+,15+/m1/s1. The van der Waals surface area contributed by atoms with Crippen molar-refractivity contribution >= 4 is 0 Å². The summed E-state index contributed by atoms with van der Waals surface area (Å²) in [6.45, 7) is 10.1. The van der Waals surface area contributed by atoms with Crippen LogP contribution in [0.15, 0.2) is 24.0 Å². The van der Waals surface area contributed by atoms with E-state index in [2.05, 4.69) is 39.8 Å². The number of ether oxygens (including phenoxy) is 1. The molecule has 0 aromatic carbocycles. The van der Waals surface area contributed by atoms with Crippen molar-refractivity contribution in [3.05, 3.63) is 24.0 Å². The van der Waals surface area contributed by atoms with Crippen LogP contribution >= 0.6 is 0 Å². The average Bonchev–Trinajstić information content (AvgIpc) is 2.85. The maximum Gasteiger partial charge on any atom is 0.0940 e. The van der Waals surface area contributed by atoms with Gasteiger partial charge in [0.25, 0.3) is 0 Å². The molecule has 0 unspecified atom stereocenters.